The summed E-state index contributed by atoms with van der Waals surface area (Å²) in [7, 11) is 0. The monoisotopic (exact) mass is 262 g/mol. The molecule has 0 spiro atoms. The highest BCUT2D eigenvalue weighted by molar-refractivity contribution is 7.10. The van der Waals surface area contributed by atoms with Gasteiger partial charge in [-0.05, 0) is 40.8 Å². The van der Waals surface area contributed by atoms with E-state index in [2.05, 4.69) is 9.36 Å². The van der Waals surface area contributed by atoms with E-state index in [4.69, 9.17) is 23.2 Å². The van der Waals surface area contributed by atoms with Gasteiger partial charge < -0.3 is 0 Å². The van der Waals surface area contributed by atoms with Gasteiger partial charge in [-0.2, -0.15) is 4.37 Å². The fraction of sp³-hybridized carbons (Fsp3) is 0.111. The molecule has 2 nitrogen and oxygen atoms in total. The average Bonchev–Trinajstić information content (AvgIpc) is 2.56. The van der Waals surface area contributed by atoms with Crippen molar-refractivity contribution >= 4 is 34.7 Å². The van der Waals surface area contributed by atoms with Crippen LogP contribution < -0.4 is 0 Å². The Hall–Kier alpha value is -0.710. The van der Waals surface area contributed by atoms with Gasteiger partial charge in [0.1, 0.15) is 11.6 Å². The number of hydrogen-bond acceptors (Lipinski definition) is 3. The van der Waals surface area contributed by atoms with Crippen molar-refractivity contribution in [1.82, 2.24) is 9.36 Å². The molecule has 1 aromatic heterocycles. The molecule has 6 heteroatoms. The molecule has 1 aromatic carbocycles. The number of aromatic nitrogens is 2. The Morgan fingerprint density at radius 1 is 1.33 bits per heavy atom. The summed E-state index contributed by atoms with van der Waals surface area (Å²) in [6.07, 6.45) is 0.461. The van der Waals surface area contributed by atoms with Gasteiger partial charge in [0.2, 0.25) is 4.47 Å². The second kappa shape index (κ2) is 4.43. The van der Waals surface area contributed by atoms with Gasteiger partial charge in [0.15, 0.2) is 0 Å². The molecule has 78 valence electrons. The molecule has 0 aliphatic carbocycles. The Bertz CT molecular complexity index is 487. The van der Waals surface area contributed by atoms with Crippen LogP contribution in [0.3, 0.4) is 0 Å². The zero-order valence-electron chi connectivity index (χ0n) is 7.38. The molecule has 0 aliphatic heterocycles. The minimum atomic E-state index is -0.354. The molecule has 0 fully saturated rings. The second-order valence-electron chi connectivity index (χ2n) is 2.88. The molecule has 0 amide bonds. The summed E-state index contributed by atoms with van der Waals surface area (Å²) in [6, 6.07) is 4.24. The van der Waals surface area contributed by atoms with E-state index >= 15 is 0 Å². The van der Waals surface area contributed by atoms with E-state index in [0.717, 1.165) is 17.1 Å². The number of rotatable bonds is 2. The van der Waals surface area contributed by atoms with Crippen molar-refractivity contribution in [2.24, 2.45) is 0 Å². The fourth-order valence-electron chi connectivity index (χ4n) is 1.14. The molecule has 0 saturated carbocycles. The molecular formula is C9H5Cl2FN2S. The molecule has 0 unspecified atom stereocenters. The average molecular weight is 263 g/mol. The van der Waals surface area contributed by atoms with Crippen LogP contribution in [0, 0.1) is 5.82 Å². The topological polar surface area (TPSA) is 25.8 Å². The van der Waals surface area contributed by atoms with Crippen molar-refractivity contribution < 1.29 is 4.39 Å². The third-order valence-corrected chi connectivity index (χ3v) is 2.99. The maximum Gasteiger partial charge on any atom is 0.203 e. The van der Waals surface area contributed by atoms with Crippen molar-refractivity contribution in [3.05, 3.63) is 44.9 Å². The SMILES string of the molecule is Fc1ccc(Cc2nsc(Cl)n2)c(Cl)c1. The highest BCUT2D eigenvalue weighted by atomic mass is 35.5. The number of benzene rings is 1. The lowest BCUT2D eigenvalue weighted by molar-refractivity contribution is 0.627. The molecule has 2 aromatic rings. The number of halogens is 3. The Morgan fingerprint density at radius 2 is 2.13 bits per heavy atom. The van der Waals surface area contributed by atoms with E-state index in [1.54, 1.807) is 6.07 Å². The van der Waals surface area contributed by atoms with Crippen molar-refractivity contribution in [2.45, 2.75) is 6.42 Å². The minimum Gasteiger partial charge on any atom is -0.208 e. The third kappa shape index (κ3) is 2.65. The van der Waals surface area contributed by atoms with Crippen LogP contribution in [0.5, 0.6) is 0 Å². The first-order chi connectivity index (χ1) is 7.15. The molecule has 1 heterocycles. The smallest absolute Gasteiger partial charge is 0.203 e. The van der Waals surface area contributed by atoms with Crippen LogP contribution in [0.25, 0.3) is 0 Å². The van der Waals surface area contributed by atoms with Gasteiger partial charge in [-0.3, -0.25) is 0 Å². The van der Waals surface area contributed by atoms with Crippen molar-refractivity contribution in [1.29, 1.82) is 0 Å². The van der Waals surface area contributed by atoms with Gasteiger partial charge in [0, 0.05) is 11.4 Å². The molecule has 0 aliphatic rings. The standard InChI is InChI=1S/C9H5Cl2FN2S/c10-7-4-6(12)2-1-5(7)3-8-13-9(11)15-14-8/h1-2,4H,3H2. The highest BCUT2D eigenvalue weighted by Gasteiger charge is 2.07. The molecule has 0 bridgehead atoms. The number of hydrogen-bond donors (Lipinski definition) is 0. The summed E-state index contributed by atoms with van der Waals surface area (Å²) in [4.78, 5) is 3.99. The Balaban J connectivity index is 2.24. The summed E-state index contributed by atoms with van der Waals surface area (Å²) < 4.78 is 17.2. The lowest BCUT2D eigenvalue weighted by atomic mass is 10.1. The summed E-state index contributed by atoms with van der Waals surface area (Å²) in [5.41, 5.74) is 0.785. The van der Waals surface area contributed by atoms with Crippen LogP contribution in [0.4, 0.5) is 4.39 Å². The first kappa shape index (κ1) is 10.8. The molecule has 0 atom stereocenters. The van der Waals surface area contributed by atoms with Gasteiger partial charge in [0.25, 0.3) is 0 Å². The quantitative estimate of drug-likeness (QED) is 0.827. The molecule has 0 radical (unpaired) electrons. The van der Waals surface area contributed by atoms with Crippen LogP contribution >= 0.6 is 34.7 Å². The molecule has 15 heavy (non-hydrogen) atoms. The van der Waals surface area contributed by atoms with E-state index in [-0.39, 0.29) is 5.82 Å². The van der Waals surface area contributed by atoms with Gasteiger partial charge in [-0.1, -0.05) is 17.7 Å². The van der Waals surface area contributed by atoms with Crippen molar-refractivity contribution in [2.75, 3.05) is 0 Å². The Kier molecular flexibility index (Phi) is 3.19. The van der Waals surface area contributed by atoms with Crippen LogP contribution in [0.15, 0.2) is 18.2 Å². The zero-order chi connectivity index (χ0) is 10.8. The van der Waals surface area contributed by atoms with Crippen LogP contribution in [0.1, 0.15) is 11.4 Å². The first-order valence-corrected chi connectivity index (χ1v) is 5.60. The van der Waals surface area contributed by atoms with Crippen molar-refractivity contribution in [3.8, 4) is 0 Å². The van der Waals surface area contributed by atoms with Crippen LogP contribution in [0.2, 0.25) is 9.49 Å². The van der Waals surface area contributed by atoms with Gasteiger partial charge in [-0.15, -0.1) is 0 Å². The Morgan fingerprint density at radius 3 is 2.73 bits per heavy atom. The predicted molar refractivity (Wildman–Crippen MR) is 59.1 cm³/mol. The summed E-state index contributed by atoms with van der Waals surface area (Å²) >= 11 is 12.6. The largest absolute Gasteiger partial charge is 0.208 e. The van der Waals surface area contributed by atoms with E-state index in [0.29, 0.717) is 21.7 Å². The van der Waals surface area contributed by atoms with Crippen LogP contribution in [-0.4, -0.2) is 9.36 Å². The first-order valence-electron chi connectivity index (χ1n) is 4.07. The third-order valence-electron chi connectivity index (χ3n) is 1.81. The second-order valence-corrected chi connectivity index (χ2v) is 4.62. The van der Waals surface area contributed by atoms with E-state index in [9.17, 15) is 4.39 Å². The summed E-state index contributed by atoms with van der Waals surface area (Å²) in [5, 5.41) is 0.376. The van der Waals surface area contributed by atoms with Crippen molar-refractivity contribution in [3.63, 3.8) is 0 Å². The lowest BCUT2D eigenvalue weighted by Crippen LogP contribution is -1.92. The lowest BCUT2D eigenvalue weighted by Gasteiger charge is -2.00. The van der Waals surface area contributed by atoms with Gasteiger partial charge in [0.05, 0.1) is 0 Å². The highest BCUT2D eigenvalue weighted by Crippen LogP contribution is 2.21. The summed E-state index contributed by atoms with van der Waals surface area (Å²) in [5.74, 6) is 0.242. The fourth-order valence-corrected chi connectivity index (χ4v) is 2.01. The maximum absolute atomic E-state index is 12.8. The zero-order valence-corrected chi connectivity index (χ0v) is 9.70. The Labute approximate surface area is 99.8 Å². The van der Waals surface area contributed by atoms with Gasteiger partial charge in [-0.25, -0.2) is 9.37 Å². The normalized spacial score (nSPS) is 10.6. The molecular weight excluding hydrogens is 258 g/mol. The van der Waals surface area contributed by atoms with Crippen LogP contribution in [-0.2, 0) is 6.42 Å². The summed E-state index contributed by atoms with van der Waals surface area (Å²) in [6.45, 7) is 0. The van der Waals surface area contributed by atoms with Gasteiger partial charge >= 0.3 is 0 Å². The predicted octanol–water partition coefficient (Wildman–Crippen LogP) is 3.57. The molecule has 0 saturated heterocycles. The number of nitrogens with zero attached hydrogens (tertiary/aromatic N) is 2. The minimum absolute atomic E-state index is 0.354. The maximum atomic E-state index is 12.8. The van der Waals surface area contributed by atoms with E-state index < -0.39 is 0 Å². The molecule has 0 N–H and O–H groups in total. The molecule has 2 rings (SSSR count). The van der Waals surface area contributed by atoms with E-state index in [1.807, 2.05) is 0 Å². The van der Waals surface area contributed by atoms with E-state index in [1.165, 1.54) is 12.1 Å².